The highest BCUT2D eigenvalue weighted by molar-refractivity contribution is 5.29. The predicted molar refractivity (Wildman–Crippen MR) is 83.3 cm³/mol. The van der Waals surface area contributed by atoms with Gasteiger partial charge in [0.25, 0.3) is 0 Å². The van der Waals surface area contributed by atoms with E-state index in [1.807, 2.05) is 0 Å². The Labute approximate surface area is 119 Å². The first-order chi connectivity index (χ1) is 8.74. The smallest absolute Gasteiger partial charge is 0.0901 e. The topological polar surface area (TPSA) is 20.2 Å². The third-order valence-corrected chi connectivity index (χ3v) is 3.61. The molecule has 1 aromatic rings. The maximum atomic E-state index is 11.1. The van der Waals surface area contributed by atoms with Gasteiger partial charge in [0.15, 0.2) is 0 Å². The second-order valence-corrected chi connectivity index (χ2v) is 7.00. The van der Waals surface area contributed by atoms with Crippen molar-refractivity contribution < 1.29 is 5.11 Å². The largest absolute Gasteiger partial charge is 0.385 e. The maximum Gasteiger partial charge on any atom is 0.0901 e. The first-order valence-electron chi connectivity index (χ1n) is 7.57. The van der Waals surface area contributed by atoms with Crippen molar-refractivity contribution in [3.63, 3.8) is 0 Å². The lowest BCUT2D eigenvalue weighted by molar-refractivity contribution is -0.00451. The van der Waals surface area contributed by atoms with Gasteiger partial charge in [0.1, 0.15) is 0 Å². The van der Waals surface area contributed by atoms with E-state index >= 15 is 0 Å². The van der Waals surface area contributed by atoms with Crippen molar-refractivity contribution in [1.82, 2.24) is 0 Å². The molecule has 0 aliphatic heterocycles. The van der Waals surface area contributed by atoms with Gasteiger partial charge in [-0.1, -0.05) is 65.8 Å². The van der Waals surface area contributed by atoms with Crippen molar-refractivity contribution in [3.05, 3.63) is 35.4 Å². The predicted octanol–water partition coefficient (Wildman–Crippen LogP) is 5.09. The van der Waals surface area contributed by atoms with Gasteiger partial charge < -0.3 is 5.11 Å². The number of rotatable bonds is 6. The van der Waals surface area contributed by atoms with Crippen LogP contribution >= 0.6 is 0 Å². The van der Waals surface area contributed by atoms with Crippen LogP contribution in [-0.2, 0) is 5.60 Å². The van der Waals surface area contributed by atoms with E-state index < -0.39 is 5.60 Å². The normalized spacial score (nSPS) is 12.7. The van der Waals surface area contributed by atoms with E-state index in [4.69, 9.17) is 0 Å². The molecule has 108 valence electrons. The van der Waals surface area contributed by atoms with Crippen molar-refractivity contribution >= 4 is 0 Å². The van der Waals surface area contributed by atoms with Crippen LogP contribution in [0.5, 0.6) is 0 Å². The zero-order valence-electron chi connectivity index (χ0n) is 13.4. The fourth-order valence-corrected chi connectivity index (χ4v) is 2.85. The molecule has 0 unspecified atom stereocenters. The molecular formula is C18H30O. The molecule has 0 aliphatic rings. The Balaban J connectivity index is 3.03. The number of aliphatic hydroxyl groups is 1. The number of benzene rings is 1. The second kappa shape index (κ2) is 6.56. The lowest BCUT2D eigenvalue weighted by Gasteiger charge is -2.32. The minimum Gasteiger partial charge on any atom is -0.385 e. The highest BCUT2D eigenvalue weighted by atomic mass is 16.3. The summed E-state index contributed by atoms with van der Waals surface area (Å²) in [5, 5.41) is 11.1. The Bertz CT molecular complexity index is 363. The summed E-state index contributed by atoms with van der Waals surface area (Å²) >= 11 is 0. The van der Waals surface area contributed by atoms with Crippen molar-refractivity contribution in [2.24, 2.45) is 11.8 Å². The highest BCUT2D eigenvalue weighted by Crippen LogP contribution is 2.35. The molecule has 1 rings (SSSR count). The minimum absolute atomic E-state index is 0.494. The van der Waals surface area contributed by atoms with E-state index in [9.17, 15) is 5.11 Å². The highest BCUT2D eigenvalue weighted by Gasteiger charge is 2.31. The monoisotopic (exact) mass is 262 g/mol. The Morgan fingerprint density at radius 2 is 1.26 bits per heavy atom. The van der Waals surface area contributed by atoms with E-state index in [2.05, 4.69) is 65.8 Å². The quantitative estimate of drug-likeness (QED) is 0.757. The fourth-order valence-electron chi connectivity index (χ4n) is 2.85. The Morgan fingerprint density at radius 1 is 0.842 bits per heavy atom. The summed E-state index contributed by atoms with van der Waals surface area (Å²) < 4.78 is 0. The molecule has 1 nitrogen and oxygen atoms in total. The minimum atomic E-state index is -0.683. The summed E-state index contributed by atoms with van der Waals surface area (Å²) in [4.78, 5) is 0. The van der Waals surface area contributed by atoms with Crippen molar-refractivity contribution in [2.75, 3.05) is 0 Å². The van der Waals surface area contributed by atoms with Gasteiger partial charge in [-0.15, -0.1) is 0 Å². The van der Waals surface area contributed by atoms with Crippen LogP contribution in [0, 0.1) is 11.8 Å². The molecule has 0 aliphatic carbocycles. The van der Waals surface area contributed by atoms with Crippen LogP contribution in [0.4, 0.5) is 0 Å². The van der Waals surface area contributed by atoms with E-state index in [1.165, 1.54) is 5.56 Å². The zero-order valence-corrected chi connectivity index (χ0v) is 13.4. The van der Waals surface area contributed by atoms with Gasteiger partial charge in [0.2, 0.25) is 0 Å². The molecule has 0 amide bonds. The Kier molecular flexibility index (Phi) is 5.61. The maximum absolute atomic E-state index is 11.1. The van der Waals surface area contributed by atoms with E-state index in [1.54, 1.807) is 0 Å². The summed E-state index contributed by atoms with van der Waals surface area (Å²) in [6.07, 6.45) is 1.65. The van der Waals surface area contributed by atoms with Gasteiger partial charge in [-0.2, -0.15) is 0 Å². The second-order valence-electron chi connectivity index (χ2n) is 7.00. The van der Waals surface area contributed by atoms with E-state index in [-0.39, 0.29) is 0 Å². The molecule has 1 heteroatoms. The molecular weight excluding hydrogens is 232 g/mol. The Hall–Kier alpha value is -0.820. The summed E-state index contributed by atoms with van der Waals surface area (Å²) in [5.41, 5.74) is 1.72. The summed E-state index contributed by atoms with van der Waals surface area (Å²) in [6.45, 7) is 13.1. The van der Waals surface area contributed by atoms with Crippen LogP contribution in [0.25, 0.3) is 0 Å². The molecule has 0 radical (unpaired) electrons. The molecule has 0 aromatic heterocycles. The van der Waals surface area contributed by atoms with Gasteiger partial charge in [0.05, 0.1) is 5.60 Å². The molecule has 0 saturated carbocycles. The van der Waals surface area contributed by atoms with Crippen LogP contribution < -0.4 is 0 Å². The van der Waals surface area contributed by atoms with Gasteiger partial charge in [-0.3, -0.25) is 0 Å². The summed E-state index contributed by atoms with van der Waals surface area (Å²) in [7, 11) is 0. The van der Waals surface area contributed by atoms with Gasteiger partial charge in [0, 0.05) is 0 Å². The molecule has 19 heavy (non-hydrogen) atoms. The van der Waals surface area contributed by atoms with Crippen LogP contribution in [-0.4, -0.2) is 5.11 Å². The SMILES string of the molecule is CC(C)CC(O)(CC(C)C)c1ccc(C(C)C)cc1. The standard InChI is InChI=1S/C18H30O/c1-13(2)11-18(19,12-14(3)4)17-9-7-16(8-10-17)15(5)6/h7-10,13-15,19H,11-12H2,1-6H3. The first-order valence-corrected chi connectivity index (χ1v) is 7.57. The zero-order chi connectivity index (χ0) is 14.6. The molecule has 1 aromatic carbocycles. The molecule has 0 spiro atoms. The lowest BCUT2D eigenvalue weighted by Crippen LogP contribution is -2.29. The molecule has 0 bridgehead atoms. The third kappa shape index (κ3) is 4.65. The van der Waals surface area contributed by atoms with Crippen molar-refractivity contribution in [3.8, 4) is 0 Å². The molecule has 1 N–H and O–H groups in total. The molecule has 0 atom stereocenters. The Morgan fingerprint density at radius 3 is 1.58 bits per heavy atom. The van der Waals surface area contributed by atoms with E-state index in [0.29, 0.717) is 17.8 Å². The van der Waals surface area contributed by atoms with Crippen molar-refractivity contribution in [1.29, 1.82) is 0 Å². The van der Waals surface area contributed by atoms with Crippen LogP contribution in [0.2, 0.25) is 0 Å². The molecule has 0 saturated heterocycles. The number of hydrogen-bond acceptors (Lipinski definition) is 1. The fraction of sp³-hybridized carbons (Fsp3) is 0.667. The molecule has 0 heterocycles. The van der Waals surface area contributed by atoms with Crippen molar-refractivity contribution in [2.45, 2.75) is 65.9 Å². The number of hydrogen-bond donors (Lipinski definition) is 1. The third-order valence-electron chi connectivity index (χ3n) is 3.61. The lowest BCUT2D eigenvalue weighted by atomic mass is 9.79. The summed E-state index contributed by atoms with van der Waals surface area (Å²) in [5.74, 6) is 1.53. The molecule has 0 fully saturated rings. The van der Waals surface area contributed by atoms with Gasteiger partial charge >= 0.3 is 0 Å². The van der Waals surface area contributed by atoms with Crippen LogP contribution in [0.15, 0.2) is 24.3 Å². The van der Waals surface area contributed by atoms with E-state index in [0.717, 1.165) is 18.4 Å². The first kappa shape index (κ1) is 16.2. The van der Waals surface area contributed by atoms with Gasteiger partial charge in [-0.05, 0) is 41.7 Å². The average molecular weight is 262 g/mol. The van der Waals surface area contributed by atoms with Gasteiger partial charge in [-0.25, -0.2) is 0 Å². The van der Waals surface area contributed by atoms with Crippen LogP contribution in [0.1, 0.15) is 71.4 Å². The summed E-state index contributed by atoms with van der Waals surface area (Å²) in [6, 6.07) is 8.54. The average Bonchev–Trinajstić information content (AvgIpc) is 2.26. The van der Waals surface area contributed by atoms with Crippen LogP contribution in [0.3, 0.4) is 0 Å².